The first-order valence-corrected chi connectivity index (χ1v) is 49.4. The summed E-state index contributed by atoms with van der Waals surface area (Å²) >= 11 is 0. The molecule has 0 spiro atoms. The fourth-order valence-electron chi connectivity index (χ4n) is 18.6. The van der Waals surface area contributed by atoms with Gasteiger partial charge >= 0.3 is 12.4 Å². The van der Waals surface area contributed by atoms with Crippen LogP contribution in [0, 0.1) is 35.5 Å². The maximum Gasteiger partial charge on any atom is 0.416 e. The predicted octanol–water partition coefficient (Wildman–Crippen LogP) is 16.8. The second-order valence-electron chi connectivity index (χ2n) is 39.5. The molecule has 21 rings (SSSR count). The number of aromatic nitrogens is 10. The molecule has 10 aromatic rings. The number of hydrogen-bond acceptors (Lipinski definition) is 19. The van der Waals surface area contributed by atoms with Crippen molar-refractivity contribution in [2.24, 2.45) is 35.5 Å². The van der Waals surface area contributed by atoms with Gasteiger partial charge < -0.3 is 66.0 Å². The van der Waals surface area contributed by atoms with Gasteiger partial charge in [-0.25, -0.2) is 0 Å². The fourth-order valence-corrected chi connectivity index (χ4v) is 18.6. The molecule has 0 radical (unpaired) electrons. The predicted molar refractivity (Wildman–Crippen MR) is 521 cm³/mol. The smallest absolute Gasteiger partial charge is 0.383 e. The van der Waals surface area contributed by atoms with Gasteiger partial charge in [-0.2, -0.15) is 51.8 Å². The number of amides is 7. The van der Waals surface area contributed by atoms with Crippen molar-refractivity contribution in [3.05, 3.63) is 205 Å². The Morgan fingerprint density at radius 1 is 0.355 bits per heavy atom. The number of rotatable bonds is 28. The van der Waals surface area contributed by atoms with Gasteiger partial charge in [0.15, 0.2) is 34.9 Å². The number of halogens is 6. The van der Waals surface area contributed by atoms with Crippen LogP contribution in [0.5, 0.6) is 0 Å². The van der Waals surface area contributed by atoms with Crippen LogP contribution in [0.15, 0.2) is 121 Å². The molecular weight excluding hydrogens is 1820 g/mol. The largest absolute Gasteiger partial charge is 0.416 e. The number of carbonyl (C=O) groups is 8. The van der Waals surface area contributed by atoms with Crippen molar-refractivity contribution in [2.45, 2.75) is 228 Å². The van der Waals surface area contributed by atoms with Crippen molar-refractivity contribution in [1.29, 1.82) is 0 Å². The highest BCUT2D eigenvalue weighted by molar-refractivity contribution is 5.98. The third kappa shape index (κ3) is 25.7. The first-order valence-electron chi connectivity index (χ1n) is 49.4. The standard InChI is InChI=1S/C23H28N4O2.C22H29N5O3.C21H27N5O2.2C19H21F3N4O/c1-15(28)26-10-9-21-20(14-26)23(25-27(21)13-17-7-8-17)24-19-4-2-3-18(12-19)22(29)11-16-5-6-16;1-15(28)26-10-8-20-19(14-26)21(25-27(20)13-16-6-7-16)24-18-5-3-4-17(12-18)22(29)23-9-11-30-2;1-14(27)25-10-9-19-18(13-25)20(23-26(19)12-15-7-8-15)22-17-6-4-5-16(11-17)21(28)24(2)3;2*1-12(27)25-8-7-17-16(11-25)18(24-26(17)10-13-5-6-13)23-15-4-2-3-14(9-15)19(20,21)22/h2-4,12,16-17H,5-11,13-14H2,1H3,(H,24,25);3-5,12,16H,6-11,13-14H2,1-2H3,(H,23,29)(H,24,25);4-6,11,15H,7-10,12-13H2,1-3H3,(H,22,23);2*2-4,9,13H,5-8,10-11H2,1H3,(H,23,24). The molecule has 0 bridgehead atoms. The van der Waals surface area contributed by atoms with Crippen molar-refractivity contribution in [3.8, 4) is 0 Å². The summed E-state index contributed by atoms with van der Waals surface area (Å²) < 4.78 is 93.2. The van der Waals surface area contributed by atoms with Gasteiger partial charge in [-0.05, 0) is 197 Å². The van der Waals surface area contributed by atoms with Crippen molar-refractivity contribution in [1.82, 2.24) is 83.6 Å². The van der Waals surface area contributed by atoms with E-state index in [9.17, 15) is 64.7 Å². The molecule has 5 aromatic carbocycles. The molecular formula is C104H126F6N22O9. The number of anilines is 10. The van der Waals surface area contributed by atoms with E-state index >= 15 is 0 Å². The Labute approximate surface area is 816 Å². The van der Waals surface area contributed by atoms with Crippen molar-refractivity contribution in [2.75, 3.05) is 93.7 Å². The molecule has 37 heteroatoms. The highest BCUT2D eigenvalue weighted by Gasteiger charge is 2.39. The maximum absolute atomic E-state index is 13.0. The van der Waals surface area contributed by atoms with Gasteiger partial charge in [-0.1, -0.05) is 36.4 Å². The van der Waals surface area contributed by atoms with E-state index in [0.717, 1.165) is 187 Å². The third-order valence-corrected chi connectivity index (χ3v) is 27.8. The van der Waals surface area contributed by atoms with Gasteiger partial charge in [0.1, 0.15) is 0 Å². The molecule has 6 fully saturated rings. The van der Waals surface area contributed by atoms with Crippen molar-refractivity contribution >= 4 is 105 Å². The SMILES string of the molecule is CC(=O)N1CCc2c(c(Nc3cccc(C(=O)CC4CC4)c3)nn2CC2CC2)C1.CC(=O)N1CCc2c(c(Nc3cccc(C(=O)N(C)C)c3)nn2CC2CC2)C1.CC(=O)N1CCc2c(c(Nc3cccc(C(F)(F)F)c3)nn2CC2CC2)C1.CC(=O)N1CCc2c(c(Nc3cccc(C(F)(F)F)c3)nn2CC2CC2)C1.COCCNC(=O)c1cccc(Nc2nn(CC3CC3)c3c2CN(C(C)=O)CC3)c1. The topological polar surface area (TPSA) is 327 Å². The molecule has 0 atom stereocenters. The Balaban J connectivity index is 0.000000121. The summed E-state index contributed by atoms with van der Waals surface area (Å²) in [5, 5.41) is 43.0. The minimum Gasteiger partial charge on any atom is -0.383 e. The molecule has 10 heterocycles. The monoisotopic (exact) mass is 1940 g/mol. The van der Waals surface area contributed by atoms with E-state index in [1.54, 1.807) is 74.9 Å². The maximum atomic E-state index is 13.0. The zero-order valence-electron chi connectivity index (χ0n) is 81.4. The Kier molecular flexibility index (Phi) is 30.3. The summed E-state index contributed by atoms with van der Waals surface area (Å²) in [6.07, 6.45) is 10.5. The minimum atomic E-state index is -4.39. The summed E-state index contributed by atoms with van der Waals surface area (Å²) in [6, 6.07) is 32.8. The van der Waals surface area contributed by atoms with Crippen molar-refractivity contribution < 1.29 is 69.4 Å². The van der Waals surface area contributed by atoms with Crippen LogP contribution in [0.4, 0.5) is 83.9 Å². The second-order valence-corrected chi connectivity index (χ2v) is 39.5. The molecule has 0 saturated heterocycles. The zero-order chi connectivity index (χ0) is 99.2. The molecule has 5 aliphatic heterocycles. The number of carbonyl (C=O) groups excluding carboxylic acids is 8. The number of Topliss-reactive ketones (excluding diaryl/α,β-unsaturated/α-hetero) is 1. The van der Waals surface area contributed by atoms with Crippen LogP contribution in [0.3, 0.4) is 0 Å². The Morgan fingerprint density at radius 3 is 0.872 bits per heavy atom. The molecule has 11 aliphatic rings. The average Bonchev–Trinajstić information content (AvgIpc) is 1.65. The Bertz CT molecular complexity index is 6140. The molecule has 141 heavy (non-hydrogen) atoms. The lowest BCUT2D eigenvalue weighted by Crippen LogP contribution is -2.34. The van der Waals surface area contributed by atoms with E-state index in [1.165, 1.54) is 120 Å². The number of ether oxygens (including phenoxy) is 1. The number of nitrogens with one attached hydrogen (secondary N) is 6. The minimum absolute atomic E-state index is 0.0133. The van der Waals surface area contributed by atoms with Crippen LogP contribution in [0.2, 0.25) is 0 Å². The summed E-state index contributed by atoms with van der Waals surface area (Å²) in [7, 11) is 5.09. The van der Waals surface area contributed by atoms with E-state index in [0.29, 0.717) is 136 Å². The van der Waals surface area contributed by atoms with Crippen LogP contribution in [-0.2, 0) is 139 Å². The first-order chi connectivity index (χ1) is 67.6. The number of nitrogens with zero attached hydrogens (tertiary/aromatic N) is 16. The molecule has 6 saturated carbocycles. The first kappa shape index (κ1) is 99.2. The van der Waals surface area contributed by atoms with Crippen molar-refractivity contribution in [3.63, 3.8) is 0 Å². The highest BCUT2D eigenvalue weighted by Crippen LogP contribution is 2.44. The quantitative estimate of drug-likeness (QED) is 0.0151. The summed E-state index contributed by atoms with van der Waals surface area (Å²) in [5.74, 6) is 7.76. The number of fused-ring (bicyclic) bond motifs is 5. The van der Waals surface area contributed by atoms with Crippen LogP contribution in [0.1, 0.15) is 217 Å². The number of benzene rings is 5. The molecule has 748 valence electrons. The average molecular weight is 1940 g/mol. The Morgan fingerprint density at radius 2 is 0.610 bits per heavy atom. The molecule has 5 aromatic heterocycles. The molecule has 31 nitrogen and oxygen atoms in total. The third-order valence-electron chi connectivity index (χ3n) is 27.8. The molecule has 6 N–H and O–H groups in total. The van der Waals surface area contributed by atoms with Gasteiger partial charge in [0.2, 0.25) is 29.5 Å². The number of alkyl halides is 6. The fraction of sp³-hybridized carbons (Fsp3) is 0.490. The van der Waals surface area contributed by atoms with Gasteiger partial charge in [-0.15, -0.1) is 0 Å². The van der Waals surface area contributed by atoms with Gasteiger partial charge in [0.25, 0.3) is 11.8 Å². The molecule has 6 aliphatic carbocycles. The Hall–Kier alpha value is -13.4. The lowest BCUT2D eigenvalue weighted by Gasteiger charge is -2.26. The van der Waals surface area contributed by atoms with E-state index in [-0.39, 0.29) is 47.1 Å². The highest BCUT2D eigenvalue weighted by atomic mass is 19.4. The number of methoxy groups -OCH3 is 1. The number of hydrogen-bond donors (Lipinski definition) is 6. The van der Waals surface area contributed by atoms with Crippen LogP contribution >= 0.6 is 0 Å². The van der Waals surface area contributed by atoms with Crippen LogP contribution in [0.25, 0.3) is 0 Å². The molecule has 0 unspecified atom stereocenters. The van der Waals surface area contributed by atoms with E-state index in [4.69, 9.17) is 20.0 Å². The molecule has 7 amide bonds. The number of ketones is 1. The summed E-state index contributed by atoms with van der Waals surface area (Å²) in [6.45, 7) is 19.4. The zero-order valence-corrected chi connectivity index (χ0v) is 81.4. The lowest BCUT2D eigenvalue weighted by atomic mass is 10.0. The summed E-state index contributed by atoms with van der Waals surface area (Å²) in [5.41, 5.74) is 14.7. The van der Waals surface area contributed by atoms with E-state index in [1.807, 2.05) is 90.8 Å². The van der Waals surface area contributed by atoms with E-state index < -0.39 is 23.5 Å². The summed E-state index contributed by atoms with van der Waals surface area (Å²) in [4.78, 5) is 107. The van der Waals surface area contributed by atoms with Gasteiger partial charge in [0, 0.05) is 268 Å². The van der Waals surface area contributed by atoms with Crippen LogP contribution in [-0.4, -0.2) is 193 Å². The van der Waals surface area contributed by atoms with Crippen LogP contribution < -0.4 is 31.9 Å². The lowest BCUT2D eigenvalue weighted by molar-refractivity contribution is -0.138. The van der Waals surface area contributed by atoms with Gasteiger partial charge in [-0.3, -0.25) is 61.8 Å². The van der Waals surface area contributed by atoms with Gasteiger partial charge in [0.05, 0.1) is 50.5 Å². The second kappa shape index (κ2) is 43.0. The normalized spacial score (nSPS) is 16.8. The van der Waals surface area contributed by atoms with E-state index in [2.05, 4.69) is 56.1 Å².